The summed E-state index contributed by atoms with van der Waals surface area (Å²) in [5, 5.41) is 9.68. The Labute approximate surface area is 126 Å². The van der Waals surface area contributed by atoms with Crippen molar-refractivity contribution in [2.24, 2.45) is 5.92 Å². The molecule has 1 aliphatic rings. The molecule has 19 heavy (non-hydrogen) atoms. The van der Waals surface area contributed by atoms with Gasteiger partial charge in [0.15, 0.2) is 0 Å². The Hall–Kier alpha value is -0.820. The van der Waals surface area contributed by atoms with Crippen molar-refractivity contribution in [3.63, 3.8) is 0 Å². The quantitative estimate of drug-likeness (QED) is 0.809. The van der Waals surface area contributed by atoms with Crippen molar-refractivity contribution in [3.8, 4) is 5.75 Å². The molecular formula is C14H18INO3. The minimum atomic E-state index is -0.0411. The summed E-state index contributed by atoms with van der Waals surface area (Å²) in [6, 6.07) is 5.04. The molecule has 0 spiro atoms. The van der Waals surface area contributed by atoms with Gasteiger partial charge >= 0.3 is 0 Å². The molecule has 5 heteroatoms. The van der Waals surface area contributed by atoms with E-state index in [2.05, 4.69) is 6.92 Å². The Kier molecular flexibility index (Phi) is 4.67. The topological polar surface area (TPSA) is 49.8 Å². The number of piperidine rings is 1. The zero-order chi connectivity index (χ0) is 14.0. The highest BCUT2D eigenvalue weighted by molar-refractivity contribution is 14.1. The van der Waals surface area contributed by atoms with Crippen LogP contribution in [0.15, 0.2) is 18.2 Å². The van der Waals surface area contributed by atoms with Gasteiger partial charge in [0.2, 0.25) is 0 Å². The third kappa shape index (κ3) is 3.20. The van der Waals surface area contributed by atoms with Gasteiger partial charge in [-0.1, -0.05) is 6.92 Å². The highest BCUT2D eigenvalue weighted by Crippen LogP contribution is 2.24. The number of rotatable bonds is 2. The fourth-order valence-corrected chi connectivity index (χ4v) is 2.69. The van der Waals surface area contributed by atoms with Crippen molar-refractivity contribution < 1.29 is 14.6 Å². The molecule has 1 aliphatic heterocycles. The number of amides is 1. The summed E-state index contributed by atoms with van der Waals surface area (Å²) in [4.78, 5) is 14.2. The van der Waals surface area contributed by atoms with E-state index in [0.717, 1.165) is 16.5 Å². The van der Waals surface area contributed by atoms with Gasteiger partial charge in [-0.3, -0.25) is 4.79 Å². The molecule has 1 saturated heterocycles. The van der Waals surface area contributed by atoms with Gasteiger partial charge in [0.25, 0.3) is 5.91 Å². The molecule has 4 nitrogen and oxygen atoms in total. The molecule has 0 saturated carbocycles. The van der Waals surface area contributed by atoms with Gasteiger partial charge < -0.3 is 14.7 Å². The Morgan fingerprint density at radius 2 is 2.26 bits per heavy atom. The maximum atomic E-state index is 12.4. The summed E-state index contributed by atoms with van der Waals surface area (Å²) in [5.41, 5.74) is 0.530. The molecule has 104 valence electrons. The highest BCUT2D eigenvalue weighted by atomic mass is 127. The summed E-state index contributed by atoms with van der Waals surface area (Å²) in [5.74, 6) is 0.583. The standard InChI is InChI=1S/C14H18INO3/c1-9-5-6-16(8-13(9)19-2)14(18)10-3-4-11(15)12(17)7-10/h3-4,7,9,13,17H,5-6,8H2,1-2H3. The van der Waals surface area contributed by atoms with Crippen LogP contribution in [0.4, 0.5) is 0 Å². The summed E-state index contributed by atoms with van der Waals surface area (Å²) in [6.07, 6.45) is 1.04. The molecule has 1 N–H and O–H groups in total. The van der Waals surface area contributed by atoms with Gasteiger partial charge in [0.05, 0.1) is 9.67 Å². The van der Waals surface area contributed by atoms with E-state index in [1.54, 1.807) is 24.1 Å². The second kappa shape index (κ2) is 6.09. The van der Waals surface area contributed by atoms with Crippen LogP contribution < -0.4 is 0 Å². The van der Waals surface area contributed by atoms with Crippen LogP contribution in [0.1, 0.15) is 23.7 Å². The van der Waals surface area contributed by atoms with Crippen LogP contribution in [0.2, 0.25) is 0 Å². The number of nitrogens with zero attached hydrogens (tertiary/aromatic N) is 1. The van der Waals surface area contributed by atoms with Crippen molar-refractivity contribution in [2.75, 3.05) is 20.2 Å². The lowest BCUT2D eigenvalue weighted by molar-refractivity contribution is -0.00157. The lowest BCUT2D eigenvalue weighted by Crippen LogP contribution is -2.46. The normalized spacial score (nSPS) is 23.4. The van der Waals surface area contributed by atoms with Gasteiger partial charge in [0, 0.05) is 25.8 Å². The second-order valence-corrected chi connectivity index (χ2v) is 6.12. The maximum absolute atomic E-state index is 12.4. The van der Waals surface area contributed by atoms with Gasteiger partial charge in [0.1, 0.15) is 5.75 Å². The number of carbonyl (C=O) groups excluding carboxylic acids is 1. The number of phenols is 1. The van der Waals surface area contributed by atoms with Crippen LogP contribution >= 0.6 is 22.6 Å². The van der Waals surface area contributed by atoms with E-state index in [1.807, 2.05) is 22.6 Å². The van der Waals surface area contributed by atoms with Crippen molar-refractivity contribution >= 4 is 28.5 Å². The van der Waals surface area contributed by atoms with E-state index >= 15 is 0 Å². The van der Waals surface area contributed by atoms with Crippen molar-refractivity contribution in [1.82, 2.24) is 4.90 Å². The lowest BCUT2D eigenvalue weighted by Gasteiger charge is -2.36. The molecule has 1 heterocycles. The SMILES string of the molecule is COC1CN(C(=O)c2ccc(I)c(O)c2)CCC1C. The van der Waals surface area contributed by atoms with E-state index in [4.69, 9.17) is 4.74 Å². The smallest absolute Gasteiger partial charge is 0.254 e. The third-order valence-corrected chi connectivity index (χ3v) is 4.58. The molecular weight excluding hydrogens is 357 g/mol. The number of methoxy groups -OCH3 is 1. The van der Waals surface area contributed by atoms with E-state index in [1.165, 1.54) is 6.07 Å². The van der Waals surface area contributed by atoms with E-state index < -0.39 is 0 Å². The molecule has 1 aromatic carbocycles. The molecule has 0 bridgehead atoms. The Morgan fingerprint density at radius 3 is 2.89 bits per heavy atom. The Morgan fingerprint density at radius 1 is 1.53 bits per heavy atom. The molecule has 2 rings (SSSR count). The molecule has 2 unspecified atom stereocenters. The van der Waals surface area contributed by atoms with Crippen LogP contribution in [-0.4, -0.2) is 42.2 Å². The fourth-order valence-electron chi connectivity index (χ4n) is 2.35. The summed E-state index contributed by atoms with van der Waals surface area (Å²) in [6.45, 7) is 3.50. The zero-order valence-corrected chi connectivity index (χ0v) is 13.3. The zero-order valence-electron chi connectivity index (χ0n) is 11.1. The predicted molar refractivity (Wildman–Crippen MR) is 81.3 cm³/mol. The molecule has 0 radical (unpaired) electrons. The largest absolute Gasteiger partial charge is 0.507 e. The Bertz CT molecular complexity index is 478. The van der Waals surface area contributed by atoms with Crippen molar-refractivity contribution in [2.45, 2.75) is 19.4 Å². The van der Waals surface area contributed by atoms with Gasteiger partial charge in [-0.25, -0.2) is 0 Å². The first-order valence-electron chi connectivity index (χ1n) is 6.33. The predicted octanol–water partition coefficient (Wildman–Crippen LogP) is 2.49. The average molecular weight is 375 g/mol. The highest BCUT2D eigenvalue weighted by Gasteiger charge is 2.29. The number of aromatic hydroxyl groups is 1. The van der Waals surface area contributed by atoms with Crippen molar-refractivity contribution in [1.29, 1.82) is 0 Å². The fraction of sp³-hybridized carbons (Fsp3) is 0.500. The monoisotopic (exact) mass is 375 g/mol. The minimum absolute atomic E-state index is 0.0411. The summed E-state index contributed by atoms with van der Waals surface area (Å²) in [7, 11) is 1.69. The first-order valence-corrected chi connectivity index (χ1v) is 7.41. The van der Waals surface area contributed by atoms with Gasteiger partial charge in [-0.15, -0.1) is 0 Å². The van der Waals surface area contributed by atoms with Crippen LogP contribution in [0, 0.1) is 9.49 Å². The maximum Gasteiger partial charge on any atom is 0.254 e. The first kappa shape index (κ1) is 14.6. The molecule has 0 aromatic heterocycles. The first-order chi connectivity index (χ1) is 9.02. The molecule has 1 amide bonds. The number of halogens is 1. The third-order valence-electron chi connectivity index (χ3n) is 3.67. The molecule has 0 aliphatic carbocycles. The molecule has 1 aromatic rings. The van der Waals surface area contributed by atoms with Crippen LogP contribution in [0.25, 0.3) is 0 Å². The van der Waals surface area contributed by atoms with Crippen LogP contribution in [-0.2, 0) is 4.74 Å². The molecule has 2 atom stereocenters. The summed E-state index contributed by atoms with van der Waals surface area (Å²) < 4.78 is 6.16. The van der Waals surface area contributed by atoms with Crippen molar-refractivity contribution in [3.05, 3.63) is 27.3 Å². The minimum Gasteiger partial charge on any atom is -0.507 e. The van der Waals surface area contributed by atoms with Gasteiger partial charge in [-0.2, -0.15) is 0 Å². The number of carbonyl (C=O) groups is 1. The van der Waals surface area contributed by atoms with E-state index in [9.17, 15) is 9.90 Å². The number of ether oxygens (including phenoxy) is 1. The van der Waals surface area contributed by atoms with E-state index in [0.29, 0.717) is 18.0 Å². The second-order valence-electron chi connectivity index (χ2n) is 4.96. The Balaban J connectivity index is 2.13. The lowest BCUT2D eigenvalue weighted by atomic mass is 9.95. The number of likely N-dealkylation sites (tertiary alicyclic amines) is 1. The number of hydrogen-bond acceptors (Lipinski definition) is 3. The average Bonchev–Trinajstić information content (AvgIpc) is 2.41. The number of phenolic OH excluding ortho intramolecular Hbond substituents is 1. The van der Waals surface area contributed by atoms with Gasteiger partial charge in [-0.05, 0) is 53.1 Å². The van der Waals surface area contributed by atoms with Crippen LogP contribution in [0.5, 0.6) is 5.75 Å². The molecule has 1 fully saturated rings. The van der Waals surface area contributed by atoms with E-state index in [-0.39, 0.29) is 17.8 Å². The number of benzene rings is 1. The number of hydrogen-bond donors (Lipinski definition) is 1. The van der Waals surface area contributed by atoms with Crippen LogP contribution in [0.3, 0.4) is 0 Å². The summed E-state index contributed by atoms with van der Waals surface area (Å²) >= 11 is 2.04.